The van der Waals surface area contributed by atoms with Crippen molar-refractivity contribution >= 4 is 0 Å². The molecular formula is C10H18FN. The van der Waals surface area contributed by atoms with Gasteiger partial charge >= 0.3 is 0 Å². The number of hydrogen-bond donors (Lipinski definition) is 0. The SMILES string of the molecule is CC(C)N1CCC2C(F)C2CC1. The highest BCUT2D eigenvalue weighted by Gasteiger charge is 2.51. The van der Waals surface area contributed by atoms with Gasteiger partial charge in [-0.15, -0.1) is 0 Å². The van der Waals surface area contributed by atoms with E-state index in [1.165, 1.54) is 0 Å². The highest BCUT2D eigenvalue weighted by Crippen LogP contribution is 2.48. The minimum Gasteiger partial charge on any atom is -0.301 e. The summed E-state index contributed by atoms with van der Waals surface area (Å²) in [7, 11) is 0. The second-order valence-corrected chi connectivity index (χ2v) is 4.48. The van der Waals surface area contributed by atoms with E-state index in [0.29, 0.717) is 17.9 Å². The smallest absolute Gasteiger partial charge is 0.107 e. The van der Waals surface area contributed by atoms with Gasteiger partial charge in [0.1, 0.15) is 6.17 Å². The fourth-order valence-corrected chi connectivity index (χ4v) is 2.40. The van der Waals surface area contributed by atoms with Crippen molar-refractivity contribution in [2.45, 2.75) is 38.9 Å². The van der Waals surface area contributed by atoms with Crippen LogP contribution in [0.5, 0.6) is 0 Å². The van der Waals surface area contributed by atoms with Crippen molar-refractivity contribution in [3.63, 3.8) is 0 Å². The average molecular weight is 171 g/mol. The molecule has 0 bridgehead atoms. The molecule has 1 aliphatic heterocycles. The first kappa shape index (κ1) is 8.49. The number of rotatable bonds is 1. The number of alkyl halides is 1. The zero-order valence-electron chi connectivity index (χ0n) is 7.96. The highest BCUT2D eigenvalue weighted by atomic mass is 19.1. The Morgan fingerprint density at radius 1 is 1.17 bits per heavy atom. The quantitative estimate of drug-likeness (QED) is 0.584. The molecule has 1 heterocycles. The van der Waals surface area contributed by atoms with Gasteiger partial charge in [-0.25, -0.2) is 4.39 Å². The largest absolute Gasteiger partial charge is 0.301 e. The minimum absolute atomic E-state index is 0.425. The molecule has 0 amide bonds. The Morgan fingerprint density at radius 2 is 1.67 bits per heavy atom. The first-order valence-electron chi connectivity index (χ1n) is 5.08. The molecule has 0 aromatic rings. The molecule has 2 heteroatoms. The van der Waals surface area contributed by atoms with E-state index in [0.717, 1.165) is 25.9 Å². The van der Waals surface area contributed by atoms with Crippen molar-refractivity contribution in [3.05, 3.63) is 0 Å². The molecule has 2 rings (SSSR count). The van der Waals surface area contributed by atoms with E-state index in [4.69, 9.17) is 0 Å². The van der Waals surface area contributed by atoms with Crippen LogP contribution in [0.25, 0.3) is 0 Å². The van der Waals surface area contributed by atoms with Crippen molar-refractivity contribution < 1.29 is 4.39 Å². The Bertz CT molecular complexity index is 155. The fourth-order valence-electron chi connectivity index (χ4n) is 2.40. The zero-order valence-corrected chi connectivity index (χ0v) is 7.96. The Kier molecular flexibility index (Phi) is 2.11. The lowest BCUT2D eigenvalue weighted by Crippen LogP contribution is -2.32. The topological polar surface area (TPSA) is 3.24 Å². The number of hydrogen-bond acceptors (Lipinski definition) is 1. The fraction of sp³-hybridized carbons (Fsp3) is 1.00. The van der Waals surface area contributed by atoms with E-state index in [-0.39, 0.29) is 0 Å². The highest BCUT2D eigenvalue weighted by molar-refractivity contribution is 5.00. The summed E-state index contributed by atoms with van der Waals surface area (Å²) in [5, 5.41) is 0. The lowest BCUT2D eigenvalue weighted by molar-refractivity contribution is 0.214. The van der Waals surface area contributed by atoms with E-state index in [2.05, 4.69) is 18.7 Å². The van der Waals surface area contributed by atoms with Gasteiger partial charge in [0.25, 0.3) is 0 Å². The van der Waals surface area contributed by atoms with Crippen molar-refractivity contribution in [1.29, 1.82) is 0 Å². The molecule has 12 heavy (non-hydrogen) atoms. The van der Waals surface area contributed by atoms with E-state index in [1.807, 2.05) is 0 Å². The van der Waals surface area contributed by atoms with Crippen LogP contribution in [0.1, 0.15) is 26.7 Å². The summed E-state index contributed by atoms with van der Waals surface area (Å²) in [6, 6.07) is 0.639. The van der Waals surface area contributed by atoms with Gasteiger partial charge in [-0.05, 0) is 51.6 Å². The monoisotopic (exact) mass is 171 g/mol. The Balaban J connectivity index is 1.87. The summed E-state index contributed by atoms with van der Waals surface area (Å²) in [6.07, 6.45) is 1.73. The molecule has 1 nitrogen and oxygen atoms in total. The molecule has 2 fully saturated rings. The Labute approximate surface area is 73.9 Å². The maximum atomic E-state index is 13.0. The molecule has 0 N–H and O–H groups in total. The molecule has 0 spiro atoms. The lowest BCUT2D eigenvalue weighted by Gasteiger charge is -2.24. The average Bonchev–Trinajstić information content (AvgIpc) is 2.67. The van der Waals surface area contributed by atoms with Gasteiger partial charge in [0.2, 0.25) is 0 Å². The van der Waals surface area contributed by atoms with Crippen LogP contribution >= 0.6 is 0 Å². The van der Waals surface area contributed by atoms with Crippen LogP contribution in [-0.2, 0) is 0 Å². The van der Waals surface area contributed by atoms with E-state index < -0.39 is 6.17 Å². The predicted molar refractivity (Wildman–Crippen MR) is 47.8 cm³/mol. The summed E-state index contributed by atoms with van der Waals surface area (Å²) < 4.78 is 13.0. The molecule has 2 unspecified atom stereocenters. The minimum atomic E-state index is -0.445. The van der Waals surface area contributed by atoms with Crippen LogP contribution in [0.3, 0.4) is 0 Å². The van der Waals surface area contributed by atoms with Gasteiger partial charge in [-0.1, -0.05) is 0 Å². The molecule has 2 aliphatic rings. The van der Waals surface area contributed by atoms with Crippen LogP contribution in [0, 0.1) is 11.8 Å². The lowest BCUT2D eigenvalue weighted by atomic mass is 10.2. The maximum absolute atomic E-state index is 13.0. The molecule has 1 saturated heterocycles. The third kappa shape index (κ3) is 1.37. The second-order valence-electron chi connectivity index (χ2n) is 4.48. The molecule has 2 atom stereocenters. The second kappa shape index (κ2) is 2.99. The molecular weight excluding hydrogens is 153 g/mol. The third-order valence-corrected chi connectivity index (χ3v) is 3.46. The molecule has 70 valence electrons. The Morgan fingerprint density at radius 3 is 2.08 bits per heavy atom. The number of likely N-dealkylation sites (tertiary alicyclic amines) is 1. The van der Waals surface area contributed by atoms with Gasteiger partial charge < -0.3 is 4.90 Å². The maximum Gasteiger partial charge on any atom is 0.107 e. The van der Waals surface area contributed by atoms with Gasteiger partial charge in [-0.3, -0.25) is 0 Å². The predicted octanol–water partition coefficient (Wildman–Crippen LogP) is 2.07. The summed E-state index contributed by atoms with van der Waals surface area (Å²) >= 11 is 0. The van der Waals surface area contributed by atoms with Crippen LogP contribution in [0.4, 0.5) is 4.39 Å². The van der Waals surface area contributed by atoms with Crippen LogP contribution in [0.2, 0.25) is 0 Å². The molecule has 1 saturated carbocycles. The standard InChI is InChI=1S/C10H18FN/c1-7(2)12-5-3-8-9(4-6-12)10(8)11/h7-10H,3-6H2,1-2H3. The molecule has 0 aromatic heterocycles. The first-order chi connectivity index (χ1) is 5.70. The van der Waals surface area contributed by atoms with E-state index in [1.54, 1.807) is 0 Å². The molecule has 0 radical (unpaired) electrons. The van der Waals surface area contributed by atoms with Crippen LogP contribution in [-0.4, -0.2) is 30.2 Å². The zero-order chi connectivity index (χ0) is 8.72. The van der Waals surface area contributed by atoms with E-state index in [9.17, 15) is 4.39 Å². The summed E-state index contributed by atoms with van der Waals surface area (Å²) in [5.74, 6) is 0.850. The normalized spacial score (nSPS) is 42.5. The molecule has 1 aliphatic carbocycles. The summed E-state index contributed by atoms with van der Waals surface area (Å²) in [4.78, 5) is 2.47. The number of nitrogens with zero attached hydrogens (tertiary/aromatic N) is 1. The van der Waals surface area contributed by atoms with Gasteiger partial charge in [0, 0.05) is 6.04 Å². The Hall–Kier alpha value is -0.110. The third-order valence-electron chi connectivity index (χ3n) is 3.46. The van der Waals surface area contributed by atoms with Crippen LogP contribution < -0.4 is 0 Å². The van der Waals surface area contributed by atoms with Crippen LogP contribution in [0.15, 0.2) is 0 Å². The van der Waals surface area contributed by atoms with Crippen molar-refractivity contribution in [1.82, 2.24) is 4.90 Å². The number of fused-ring (bicyclic) bond motifs is 1. The summed E-state index contributed by atoms with van der Waals surface area (Å²) in [6.45, 7) is 6.67. The first-order valence-corrected chi connectivity index (χ1v) is 5.08. The van der Waals surface area contributed by atoms with Crippen molar-refractivity contribution in [3.8, 4) is 0 Å². The van der Waals surface area contributed by atoms with Crippen molar-refractivity contribution in [2.24, 2.45) is 11.8 Å². The van der Waals surface area contributed by atoms with Gasteiger partial charge in [-0.2, -0.15) is 0 Å². The van der Waals surface area contributed by atoms with E-state index >= 15 is 0 Å². The number of halogens is 1. The van der Waals surface area contributed by atoms with Gasteiger partial charge in [0.15, 0.2) is 0 Å². The summed E-state index contributed by atoms with van der Waals surface area (Å²) in [5.41, 5.74) is 0. The van der Waals surface area contributed by atoms with Crippen molar-refractivity contribution in [2.75, 3.05) is 13.1 Å². The molecule has 0 aromatic carbocycles. The van der Waals surface area contributed by atoms with Gasteiger partial charge in [0.05, 0.1) is 0 Å².